The van der Waals surface area contributed by atoms with Crippen molar-refractivity contribution < 1.29 is 19.1 Å². The molecule has 0 fully saturated rings. The van der Waals surface area contributed by atoms with Gasteiger partial charge in [-0.3, -0.25) is 4.79 Å². The highest BCUT2D eigenvalue weighted by molar-refractivity contribution is 9.10. The molecule has 0 radical (unpaired) electrons. The average Bonchev–Trinajstić information content (AvgIpc) is 2.84. The van der Waals surface area contributed by atoms with E-state index in [0.29, 0.717) is 16.3 Å². The Kier molecular flexibility index (Phi) is 9.67. The fourth-order valence-corrected chi connectivity index (χ4v) is 3.57. The molecule has 0 spiro atoms. The van der Waals surface area contributed by atoms with Gasteiger partial charge >= 0.3 is 5.97 Å². The molecule has 1 N–H and O–H groups in total. The summed E-state index contributed by atoms with van der Waals surface area (Å²) in [6.07, 6.45) is 4.70. The fraction of sp³-hybridized carbons (Fsp3) is 0.192. The lowest BCUT2D eigenvalue weighted by molar-refractivity contribution is -0.123. The lowest BCUT2D eigenvalue weighted by Crippen LogP contribution is -2.24. The van der Waals surface area contributed by atoms with Crippen molar-refractivity contribution in [3.63, 3.8) is 0 Å². The largest absolute Gasteiger partial charge is 0.484 e. The molecule has 0 aliphatic rings. The number of halogens is 2. The van der Waals surface area contributed by atoms with Crippen molar-refractivity contribution >= 4 is 45.6 Å². The minimum absolute atomic E-state index is 0.182. The van der Waals surface area contributed by atoms with E-state index in [0.717, 1.165) is 23.7 Å². The van der Waals surface area contributed by atoms with Crippen LogP contribution in [0.3, 0.4) is 0 Å². The maximum absolute atomic E-state index is 12.5. The molecule has 0 heterocycles. The zero-order valence-corrected chi connectivity index (χ0v) is 20.9. The van der Waals surface area contributed by atoms with E-state index in [1.165, 1.54) is 11.8 Å². The zero-order chi connectivity index (χ0) is 24.3. The number of amides is 1. The number of hydrogen-bond donors (Lipinski definition) is 1. The summed E-state index contributed by atoms with van der Waals surface area (Å²) in [5.41, 5.74) is 4.38. The number of unbranched alkanes of at least 4 members (excludes halogenated alkanes) is 1. The van der Waals surface area contributed by atoms with Crippen LogP contribution in [0.2, 0.25) is 5.02 Å². The number of hydrazone groups is 1. The van der Waals surface area contributed by atoms with Crippen LogP contribution in [0.5, 0.6) is 11.5 Å². The van der Waals surface area contributed by atoms with Gasteiger partial charge in [-0.25, -0.2) is 10.2 Å². The van der Waals surface area contributed by atoms with Crippen LogP contribution in [0.4, 0.5) is 0 Å². The fourth-order valence-electron chi connectivity index (χ4n) is 2.98. The van der Waals surface area contributed by atoms with Gasteiger partial charge in [0, 0.05) is 10.0 Å². The summed E-state index contributed by atoms with van der Waals surface area (Å²) in [6.45, 7) is 1.97. The first-order chi connectivity index (χ1) is 16.5. The third-order valence-corrected chi connectivity index (χ3v) is 5.60. The SMILES string of the molecule is CCCCc1ccc(OCC(=O)N/N=C/c2cc(Br)ccc2OC(=O)c2ccccc2Cl)cc1. The highest BCUT2D eigenvalue weighted by Gasteiger charge is 2.14. The van der Waals surface area contributed by atoms with Crippen LogP contribution in [0.25, 0.3) is 0 Å². The Hall–Kier alpha value is -3.16. The Labute approximate surface area is 212 Å². The summed E-state index contributed by atoms with van der Waals surface area (Å²) in [6, 6.07) is 19.4. The normalized spacial score (nSPS) is 10.8. The molecule has 3 aromatic rings. The second-order valence-electron chi connectivity index (χ2n) is 7.38. The maximum Gasteiger partial charge on any atom is 0.345 e. The zero-order valence-electron chi connectivity index (χ0n) is 18.6. The van der Waals surface area contributed by atoms with Gasteiger partial charge in [-0.05, 0) is 60.9 Å². The summed E-state index contributed by atoms with van der Waals surface area (Å²) in [7, 11) is 0. The Balaban J connectivity index is 1.56. The van der Waals surface area contributed by atoms with E-state index in [1.807, 2.05) is 24.3 Å². The molecule has 0 aliphatic carbocycles. The predicted molar refractivity (Wildman–Crippen MR) is 137 cm³/mol. The van der Waals surface area contributed by atoms with Gasteiger partial charge in [-0.15, -0.1) is 0 Å². The molecule has 34 heavy (non-hydrogen) atoms. The van der Waals surface area contributed by atoms with E-state index in [4.69, 9.17) is 21.1 Å². The number of carbonyl (C=O) groups excluding carboxylic acids is 2. The van der Waals surface area contributed by atoms with Crippen molar-refractivity contribution in [1.29, 1.82) is 0 Å². The van der Waals surface area contributed by atoms with Gasteiger partial charge < -0.3 is 9.47 Å². The minimum atomic E-state index is -0.597. The number of benzene rings is 3. The van der Waals surface area contributed by atoms with Crippen molar-refractivity contribution in [2.24, 2.45) is 5.10 Å². The van der Waals surface area contributed by atoms with Crippen molar-refractivity contribution in [3.05, 3.63) is 92.9 Å². The van der Waals surface area contributed by atoms with E-state index in [9.17, 15) is 9.59 Å². The Bertz CT molecular complexity index is 1170. The lowest BCUT2D eigenvalue weighted by atomic mass is 10.1. The van der Waals surface area contributed by atoms with E-state index in [2.05, 4.69) is 33.4 Å². The molecule has 3 rings (SSSR count). The number of rotatable bonds is 10. The summed E-state index contributed by atoms with van der Waals surface area (Å²) in [5, 5.41) is 4.25. The average molecular weight is 544 g/mol. The topological polar surface area (TPSA) is 77.0 Å². The summed E-state index contributed by atoms with van der Waals surface area (Å²) < 4.78 is 11.8. The van der Waals surface area contributed by atoms with E-state index in [-0.39, 0.29) is 17.9 Å². The van der Waals surface area contributed by atoms with Crippen molar-refractivity contribution in [2.75, 3.05) is 6.61 Å². The second-order valence-corrected chi connectivity index (χ2v) is 8.70. The van der Waals surface area contributed by atoms with Crippen molar-refractivity contribution in [2.45, 2.75) is 26.2 Å². The second kappa shape index (κ2) is 12.9. The van der Waals surface area contributed by atoms with Gasteiger partial charge in [0.15, 0.2) is 6.61 Å². The number of esters is 1. The number of aryl methyl sites for hydroxylation is 1. The van der Waals surface area contributed by atoms with Gasteiger partial charge in [0.2, 0.25) is 0 Å². The molecule has 0 bridgehead atoms. The summed E-state index contributed by atoms with van der Waals surface area (Å²) >= 11 is 9.46. The number of ether oxygens (including phenoxy) is 2. The van der Waals surface area contributed by atoms with Gasteiger partial charge in [-0.2, -0.15) is 5.10 Å². The molecule has 0 aromatic heterocycles. The van der Waals surface area contributed by atoms with Crippen LogP contribution < -0.4 is 14.9 Å². The van der Waals surface area contributed by atoms with Crippen molar-refractivity contribution in [1.82, 2.24) is 5.43 Å². The molecule has 0 atom stereocenters. The van der Waals surface area contributed by atoms with Gasteiger partial charge in [0.25, 0.3) is 5.91 Å². The third-order valence-electron chi connectivity index (χ3n) is 4.77. The molecular weight excluding hydrogens is 520 g/mol. The van der Waals surface area contributed by atoms with Gasteiger partial charge in [0.1, 0.15) is 11.5 Å². The summed E-state index contributed by atoms with van der Waals surface area (Å²) in [5.74, 6) is -0.137. The smallest absolute Gasteiger partial charge is 0.345 e. The molecule has 0 unspecified atom stereocenters. The van der Waals surface area contributed by atoms with Crippen LogP contribution in [0, 0.1) is 0 Å². The molecule has 0 aliphatic heterocycles. The summed E-state index contributed by atoms with van der Waals surface area (Å²) in [4.78, 5) is 24.6. The number of nitrogens with one attached hydrogen (secondary N) is 1. The molecule has 1 amide bonds. The van der Waals surface area contributed by atoms with E-state index < -0.39 is 11.9 Å². The molecule has 0 saturated carbocycles. The maximum atomic E-state index is 12.5. The standard InChI is InChI=1S/C26H24BrClN2O4/c1-2-3-6-18-9-12-21(13-10-18)33-17-25(31)30-29-16-19-15-20(27)11-14-24(19)34-26(32)22-7-4-5-8-23(22)28/h4-5,7-16H,2-3,6,17H2,1H3,(H,30,31)/b29-16+. The van der Waals surface area contributed by atoms with E-state index in [1.54, 1.807) is 42.5 Å². The van der Waals surface area contributed by atoms with E-state index >= 15 is 0 Å². The number of hydrogen-bond acceptors (Lipinski definition) is 5. The van der Waals surface area contributed by atoms with Gasteiger partial charge in [-0.1, -0.05) is 65.1 Å². The first kappa shape index (κ1) is 25.5. The Morgan fingerprint density at radius 2 is 1.85 bits per heavy atom. The minimum Gasteiger partial charge on any atom is -0.484 e. The van der Waals surface area contributed by atoms with Crippen LogP contribution >= 0.6 is 27.5 Å². The molecule has 0 saturated heterocycles. The van der Waals surface area contributed by atoms with Crippen LogP contribution in [0.15, 0.2) is 76.3 Å². The van der Waals surface area contributed by atoms with Gasteiger partial charge in [0.05, 0.1) is 16.8 Å². The Morgan fingerprint density at radius 3 is 2.59 bits per heavy atom. The molecule has 3 aromatic carbocycles. The third kappa shape index (κ3) is 7.71. The first-order valence-corrected chi connectivity index (χ1v) is 11.9. The Morgan fingerprint density at radius 1 is 1.09 bits per heavy atom. The van der Waals surface area contributed by atoms with Crippen molar-refractivity contribution in [3.8, 4) is 11.5 Å². The molecule has 176 valence electrons. The lowest BCUT2D eigenvalue weighted by Gasteiger charge is -2.09. The van der Waals surface area contributed by atoms with Crippen LogP contribution in [0.1, 0.15) is 41.3 Å². The van der Waals surface area contributed by atoms with Crippen LogP contribution in [-0.2, 0) is 11.2 Å². The molecule has 8 heteroatoms. The number of carbonyl (C=O) groups is 2. The predicted octanol–water partition coefficient (Wildman–Crippen LogP) is 6.19. The number of nitrogens with zero attached hydrogens (tertiary/aromatic N) is 1. The molecular formula is C26H24BrClN2O4. The quantitative estimate of drug-likeness (QED) is 0.143. The van der Waals surface area contributed by atoms with Crippen LogP contribution in [-0.4, -0.2) is 24.7 Å². The molecule has 6 nitrogen and oxygen atoms in total. The highest BCUT2D eigenvalue weighted by Crippen LogP contribution is 2.24. The monoisotopic (exact) mass is 542 g/mol. The first-order valence-electron chi connectivity index (χ1n) is 10.8. The highest BCUT2D eigenvalue weighted by atomic mass is 79.9.